The average molecular weight is 385 g/mol. The Labute approximate surface area is 156 Å². The summed E-state index contributed by atoms with van der Waals surface area (Å²) in [6, 6.07) is 2.30. The van der Waals surface area contributed by atoms with Crippen molar-refractivity contribution < 1.29 is 28.6 Å². The Bertz CT molecular complexity index is 721. The van der Waals surface area contributed by atoms with Crippen molar-refractivity contribution in [2.45, 2.75) is 33.0 Å². The van der Waals surface area contributed by atoms with E-state index in [0.717, 1.165) is 4.90 Å². The van der Waals surface area contributed by atoms with E-state index in [2.05, 4.69) is 5.32 Å². The highest BCUT2D eigenvalue weighted by Crippen LogP contribution is 2.37. The first-order valence-electron chi connectivity index (χ1n) is 8.09. The number of carbonyl (C=O) groups is 3. The van der Waals surface area contributed by atoms with E-state index in [1.165, 1.54) is 26.2 Å². The molecule has 1 aliphatic heterocycles. The molecule has 142 valence electrons. The maximum absolute atomic E-state index is 12.4. The van der Waals surface area contributed by atoms with Gasteiger partial charge in [-0.25, -0.2) is 9.59 Å². The fourth-order valence-corrected chi connectivity index (χ4v) is 2.62. The summed E-state index contributed by atoms with van der Waals surface area (Å²) in [7, 11) is 1.42. The second-order valence-electron chi connectivity index (χ2n) is 5.93. The number of rotatable bonds is 6. The second-order valence-corrected chi connectivity index (χ2v) is 6.33. The van der Waals surface area contributed by atoms with E-state index in [9.17, 15) is 14.4 Å². The van der Waals surface area contributed by atoms with Crippen molar-refractivity contribution in [1.29, 1.82) is 0 Å². The Morgan fingerprint density at radius 3 is 2.50 bits per heavy atom. The summed E-state index contributed by atoms with van der Waals surface area (Å²) in [5.41, 5.74) is 0.105. The van der Waals surface area contributed by atoms with Gasteiger partial charge in [0.25, 0.3) is 5.91 Å². The fraction of sp³-hybridized carbons (Fsp3) is 0.471. The molecule has 26 heavy (non-hydrogen) atoms. The lowest BCUT2D eigenvalue weighted by molar-refractivity contribution is -0.136. The van der Waals surface area contributed by atoms with Crippen LogP contribution < -0.4 is 14.8 Å². The standard InChI is InChI=1S/C17H21ClN2O6/c1-9(2)25-14-12(18)7-11(8-13(14)24-4)16(22)26-10(3)15(21)20-6-5-19-17(20)23/h7-10H,5-6H2,1-4H3,(H,19,23)/t10-/m1/s1. The zero-order valence-electron chi connectivity index (χ0n) is 15.0. The van der Waals surface area contributed by atoms with Gasteiger partial charge in [0.05, 0.1) is 23.8 Å². The molecule has 1 atom stereocenters. The van der Waals surface area contributed by atoms with Crippen LogP contribution in [0.3, 0.4) is 0 Å². The minimum Gasteiger partial charge on any atom is -0.493 e. The summed E-state index contributed by atoms with van der Waals surface area (Å²) < 4.78 is 16.0. The number of amides is 3. The summed E-state index contributed by atoms with van der Waals surface area (Å²) in [6.07, 6.45) is -1.26. The highest BCUT2D eigenvalue weighted by atomic mass is 35.5. The summed E-state index contributed by atoms with van der Waals surface area (Å²) >= 11 is 6.18. The quantitative estimate of drug-likeness (QED) is 0.756. The van der Waals surface area contributed by atoms with Gasteiger partial charge >= 0.3 is 12.0 Å². The molecule has 1 fully saturated rings. The maximum Gasteiger partial charge on any atom is 0.339 e. The predicted molar refractivity (Wildman–Crippen MR) is 93.8 cm³/mol. The van der Waals surface area contributed by atoms with Gasteiger partial charge in [-0.2, -0.15) is 0 Å². The first-order chi connectivity index (χ1) is 12.2. The van der Waals surface area contributed by atoms with Gasteiger partial charge in [0.15, 0.2) is 17.6 Å². The van der Waals surface area contributed by atoms with Crippen LogP contribution in [0.15, 0.2) is 12.1 Å². The van der Waals surface area contributed by atoms with Crippen molar-refractivity contribution >= 4 is 29.5 Å². The molecule has 0 aromatic heterocycles. The predicted octanol–water partition coefficient (Wildman–Crippen LogP) is 2.23. The summed E-state index contributed by atoms with van der Waals surface area (Å²) in [5, 5.41) is 2.70. The van der Waals surface area contributed by atoms with E-state index in [1.54, 1.807) is 0 Å². The number of ether oxygens (including phenoxy) is 3. The average Bonchev–Trinajstić information content (AvgIpc) is 3.01. The van der Waals surface area contributed by atoms with Crippen LogP contribution in [0, 0.1) is 0 Å². The largest absolute Gasteiger partial charge is 0.493 e. The van der Waals surface area contributed by atoms with Gasteiger partial charge in [0.2, 0.25) is 0 Å². The minimum atomic E-state index is -1.12. The molecule has 0 radical (unpaired) electrons. The maximum atomic E-state index is 12.4. The van der Waals surface area contributed by atoms with Crippen molar-refractivity contribution in [3.63, 3.8) is 0 Å². The van der Waals surface area contributed by atoms with E-state index < -0.39 is 24.0 Å². The molecule has 1 heterocycles. The van der Waals surface area contributed by atoms with Crippen LogP contribution in [0.5, 0.6) is 11.5 Å². The zero-order chi connectivity index (χ0) is 19.4. The van der Waals surface area contributed by atoms with Gasteiger partial charge in [-0.1, -0.05) is 11.6 Å². The number of imide groups is 1. The number of benzene rings is 1. The molecule has 1 aromatic rings. The Morgan fingerprint density at radius 2 is 1.96 bits per heavy atom. The summed E-state index contributed by atoms with van der Waals surface area (Å²) in [6.45, 7) is 5.68. The SMILES string of the molecule is COc1cc(C(=O)O[C@H](C)C(=O)N2CCNC2=O)cc(Cl)c1OC(C)C. The Balaban J connectivity index is 2.15. The van der Waals surface area contributed by atoms with Gasteiger partial charge in [-0.3, -0.25) is 9.69 Å². The van der Waals surface area contributed by atoms with Crippen LogP contribution in [0.4, 0.5) is 4.79 Å². The summed E-state index contributed by atoms with van der Waals surface area (Å²) in [4.78, 5) is 37.1. The molecule has 1 aliphatic rings. The van der Waals surface area contributed by atoms with Crippen LogP contribution in [0.1, 0.15) is 31.1 Å². The third kappa shape index (κ3) is 4.37. The lowest BCUT2D eigenvalue weighted by Gasteiger charge is -2.19. The fourth-order valence-electron chi connectivity index (χ4n) is 2.37. The molecule has 0 bridgehead atoms. The van der Waals surface area contributed by atoms with E-state index in [0.29, 0.717) is 12.3 Å². The number of nitrogens with zero attached hydrogens (tertiary/aromatic N) is 1. The third-order valence-electron chi connectivity index (χ3n) is 3.57. The third-order valence-corrected chi connectivity index (χ3v) is 3.85. The van der Waals surface area contributed by atoms with Crippen LogP contribution in [0.25, 0.3) is 0 Å². The molecule has 1 saturated heterocycles. The molecule has 0 saturated carbocycles. The Morgan fingerprint density at radius 1 is 1.27 bits per heavy atom. The molecule has 9 heteroatoms. The monoisotopic (exact) mass is 384 g/mol. The molecule has 0 unspecified atom stereocenters. The van der Waals surface area contributed by atoms with Crippen LogP contribution >= 0.6 is 11.6 Å². The molecule has 1 N–H and O–H groups in total. The second kappa shape index (κ2) is 8.27. The van der Waals surface area contributed by atoms with Gasteiger partial charge in [0, 0.05) is 13.1 Å². The number of carbonyl (C=O) groups excluding carboxylic acids is 3. The van der Waals surface area contributed by atoms with Crippen LogP contribution in [0.2, 0.25) is 5.02 Å². The van der Waals surface area contributed by atoms with E-state index in [-0.39, 0.29) is 29.0 Å². The number of methoxy groups -OCH3 is 1. The van der Waals surface area contributed by atoms with Gasteiger partial charge in [-0.15, -0.1) is 0 Å². The highest BCUT2D eigenvalue weighted by molar-refractivity contribution is 6.32. The van der Waals surface area contributed by atoms with Gasteiger partial charge in [-0.05, 0) is 32.9 Å². The normalized spacial score (nSPS) is 14.8. The van der Waals surface area contributed by atoms with Crippen LogP contribution in [-0.2, 0) is 9.53 Å². The molecule has 2 rings (SSSR count). The van der Waals surface area contributed by atoms with E-state index >= 15 is 0 Å². The van der Waals surface area contributed by atoms with Crippen molar-refractivity contribution in [1.82, 2.24) is 10.2 Å². The smallest absolute Gasteiger partial charge is 0.339 e. The van der Waals surface area contributed by atoms with Crippen molar-refractivity contribution in [2.24, 2.45) is 0 Å². The highest BCUT2D eigenvalue weighted by Gasteiger charge is 2.32. The van der Waals surface area contributed by atoms with E-state index in [1.807, 2.05) is 13.8 Å². The number of hydrogen-bond donors (Lipinski definition) is 1. The zero-order valence-corrected chi connectivity index (χ0v) is 15.8. The number of nitrogens with one attached hydrogen (secondary N) is 1. The lowest BCUT2D eigenvalue weighted by Crippen LogP contribution is -2.41. The van der Waals surface area contributed by atoms with Gasteiger partial charge < -0.3 is 19.5 Å². The molecule has 1 aromatic carbocycles. The number of urea groups is 1. The Hall–Kier alpha value is -2.48. The molecular weight excluding hydrogens is 364 g/mol. The van der Waals surface area contributed by atoms with Gasteiger partial charge in [0.1, 0.15) is 0 Å². The molecule has 0 spiro atoms. The first kappa shape index (κ1) is 19.8. The van der Waals surface area contributed by atoms with Crippen molar-refractivity contribution in [3.8, 4) is 11.5 Å². The summed E-state index contributed by atoms with van der Waals surface area (Å²) in [5.74, 6) is -0.762. The van der Waals surface area contributed by atoms with Crippen molar-refractivity contribution in [3.05, 3.63) is 22.7 Å². The molecule has 8 nitrogen and oxygen atoms in total. The minimum absolute atomic E-state index is 0.105. The molecule has 0 aliphatic carbocycles. The number of halogens is 1. The topological polar surface area (TPSA) is 94.2 Å². The van der Waals surface area contributed by atoms with Crippen LogP contribution in [-0.4, -0.2) is 55.2 Å². The molecule has 3 amide bonds. The van der Waals surface area contributed by atoms with E-state index in [4.69, 9.17) is 25.8 Å². The molecular formula is C17H21ClN2O6. The van der Waals surface area contributed by atoms with Crippen molar-refractivity contribution in [2.75, 3.05) is 20.2 Å². The number of esters is 1. The first-order valence-corrected chi connectivity index (χ1v) is 8.46. The number of hydrogen-bond acceptors (Lipinski definition) is 6. The Kier molecular flexibility index (Phi) is 6.31. The lowest BCUT2D eigenvalue weighted by atomic mass is 10.2.